The summed E-state index contributed by atoms with van der Waals surface area (Å²) in [7, 11) is 0. The van der Waals surface area contributed by atoms with E-state index in [9.17, 15) is 29.1 Å². The van der Waals surface area contributed by atoms with Crippen molar-refractivity contribution < 1.29 is 57.5 Å². The molecule has 1 spiro atoms. The van der Waals surface area contributed by atoms with Gasteiger partial charge in [0.15, 0.2) is 12.2 Å². The Labute approximate surface area is 243 Å². The van der Waals surface area contributed by atoms with Crippen molar-refractivity contribution in [3.63, 3.8) is 0 Å². The van der Waals surface area contributed by atoms with Crippen LogP contribution in [0.4, 0.5) is 0 Å². The Balaban J connectivity index is 2.07. The molecule has 230 valence electrons. The third-order valence-electron chi connectivity index (χ3n) is 8.74. The Morgan fingerprint density at radius 1 is 0.810 bits per heavy atom. The van der Waals surface area contributed by atoms with Crippen LogP contribution in [0.1, 0.15) is 65.2 Å². The Hall–Kier alpha value is -3.51. The smallest absolute Gasteiger partial charge is 0.338 e. The topological polar surface area (TPSA) is 161 Å². The summed E-state index contributed by atoms with van der Waals surface area (Å²) in [4.78, 5) is 63.6. The molecule has 0 aromatic heterocycles. The lowest BCUT2D eigenvalue weighted by molar-refractivity contribution is -0.329. The van der Waals surface area contributed by atoms with Crippen molar-refractivity contribution in [2.24, 2.45) is 17.3 Å². The second-order valence-electron chi connectivity index (χ2n) is 11.8. The molecule has 1 heterocycles. The number of hydrogen-bond acceptors (Lipinski definition) is 12. The van der Waals surface area contributed by atoms with Crippen molar-refractivity contribution in [3.05, 3.63) is 35.9 Å². The van der Waals surface area contributed by atoms with Gasteiger partial charge in [-0.1, -0.05) is 25.1 Å². The Kier molecular flexibility index (Phi) is 8.45. The number of ether oxygens (including phenoxy) is 6. The minimum atomic E-state index is -1.95. The molecule has 2 aliphatic carbocycles. The van der Waals surface area contributed by atoms with E-state index >= 15 is 0 Å². The minimum absolute atomic E-state index is 0.0808. The molecule has 42 heavy (non-hydrogen) atoms. The fourth-order valence-corrected chi connectivity index (χ4v) is 7.61. The number of aliphatic hydroxyl groups excluding tert-OH is 1. The van der Waals surface area contributed by atoms with E-state index in [1.807, 2.05) is 0 Å². The van der Waals surface area contributed by atoms with Crippen molar-refractivity contribution in [2.45, 2.75) is 96.6 Å². The molecule has 1 aliphatic heterocycles. The highest BCUT2D eigenvalue weighted by Gasteiger charge is 2.85. The Bertz CT molecular complexity index is 1240. The summed E-state index contributed by atoms with van der Waals surface area (Å²) in [5.41, 5.74) is -4.62. The van der Waals surface area contributed by atoms with Gasteiger partial charge in [0.1, 0.15) is 29.3 Å². The van der Waals surface area contributed by atoms with Crippen molar-refractivity contribution >= 4 is 29.8 Å². The highest BCUT2D eigenvalue weighted by Crippen LogP contribution is 2.68. The van der Waals surface area contributed by atoms with Crippen molar-refractivity contribution in [1.29, 1.82) is 0 Å². The number of aliphatic hydroxyl groups is 1. The first-order chi connectivity index (χ1) is 19.6. The van der Waals surface area contributed by atoms with Gasteiger partial charge in [-0.2, -0.15) is 0 Å². The summed E-state index contributed by atoms with van der Waals surface area (Å²) in [6.45, 7) is 9.05. The third kappa shape index (κ3) is 4.94. The predicted octanol–water partition coefficient (Wildman–Crippen LogP) is 2.13. The standard InChI is InChI=1S/C30H38O12/c1-15-13-21(37-16(2)32)24(39-18(4)34)29(14-31)26(41-27(36)20-11-9-8-10-12-20)23(38-17(3)33)22-25(40-19(5)35)30(15,29)42-28(22,6)7/h8-12,15,21-26,31H,13-14H2,1-7H3/t15-,21-,22+,23+,24-,25+,26+,29-,30+/m0/s1. The number of benzene rings is 1. The van der Waals surface area contributed by atoms with E-state index in [2.05, 4.69) is 0 Å². The molecule has 12 heteroatoms. The van der Waals surface area contributed by atoms with Gasteiger partial charge in [0.05, 0.1) is 23.7 Å². The SMILES string of the molecule is CC(=O)O[C@@H]1[C@@H]2[C@@H](OC(C)=O)[C@]3(OC2(C)C)[C@@H](C)C[C@H](OC(C)=O)[C@H](OC(C)=O)[C@@]3(CO)[C@@H]1OC(=O)c1ccccc1. The van der Waals surface area contributed by atoms with E-state index in [-0.39, 0.29) is 12.0 Å². The van der Waals surface area contributed by atoms with Gasteiger partial charge in [0, 0.05) is 27.7 Å². The first-order valence-electron chi connectivity index (χ1n) is 13.9. The fraction of sp³-hybridized carbons (Fsp3) is 0.633. The number of carbonyl (C=O) groups excluding carboxylic acids is 5. The maximum Gasteiger partial charge on any atom is 0.338 e. The Morgan fingerprint density at radius 2 is 1.36 bits per heavy atom. The van der Waals surface area contributed by atoms with Gasteiger partial charge in [0.25, 0.3) is 0 Å². The number of esters is 5. The molecule has 1 aromatic rings. The molecule has 0 unspecified atom stereocenters. The zero-order chi connectivity index (χ0) is 31.2. The maximum atomic E-state index is 13.6. The largest absolute Gasteiger partial charge is 0.459 e. The van der Waals surface area contributed by atoms with Crippen LogP contribution in [0.15, 0.2) is 30.3 Å². The third-order valence-corrected chi connectivity index (χ3v) is 8.74. The van der Waals surface area contributed by atoms with Gasteiger partial charge in [-0.05, 0) is 38.3 Å². The lowest BCUT2D eigenvalue weighted by atomic mass is 9.47. The monoisotopic (exact) mass is 590 g/mol. The van der Waals surface area contributed by atoms with Gasteiger partial charge in [-0.15, -0.1) is 0 Å². The van der Waals surface area contributed by atoms with Crippen molar-refractivity contribution in [1.82, 2.24) is 0 Å². The number of fused-ring (bicyclic) bond motifs is 1. The van der Waals surface area contributed by atoms with Gasteiger partial charge in [-0.25, -0.2) is 4.79 Å². The lowest BCUT2D eigenvalue weighted by Crippen LogP contribution is -2.81. The van der Waals surface area contributed by atoms with Crippen LogP contribution >= 0.6 is 0 Å². The van der Waals surface area contributed by atoms with Crippen LogP contribution < -0.4 is 0 Å². The van der Waals surface area contributed by atoms with E-state index in [4.69, 9.17) is 28.4 Å². The number of carbonyl (C=O) groups is 5. The van der Waals surface area contributed by atoms with E-state index in [1.54, 1.807) is 39.0 Å². The average molecular weight is 591 g/mol. The molecule has 9 atom stereocenters. The zero-order valence-corrected chi connectivity index (χ0v) is 24.8. The van der Waals surface area contributed by atoms with Crippen LogP contribution in [0.2, 0.25) is 0 Å². The molecule has 4 rings (SSSR count). The lowest BCUT2D eigenvalue weighted by Gasteiger charge is -2.64. The fourth-order valence-electron chi connectivity index (χ4n) is 7.61. The van der Waals surface area contributed by atoms with Crippen molar-refractivity contribution in [2.75, 3.05) is 6.61 Å². The second-order valence-corrected chi connectivity index (χ2v) is 11.8. The summed E-state index contributed by atoms with van der Waals surface area (Å²) >= 11 is 0. The molecule has 1 aromatic carbocycles. The van der Waals surface area contributed by atoms with E-state index in [0.29, 0.717) is 0 Å². The molecule has 1 N–H and O–H groups in total. The first-order valence-corrected chi connectivity index (χ1v) is 13.9. The summed E-state index contributed by atoms with van der Waals surface area (Å²) < 4.78 is 36.2. The normalized spacial score (nSPS) is 36.1. The van der Waals surface area contributed by atoms with Gasteiger partial charge >= 0.3 is 29.8 Å². The number of rotatable bonds is 7. The average Bonchev–Trinajstić information content (AvgIpc) is 3.07. The summed E-state index contributed by atoms with van der Waals surface area (Å²) in [6, 6.07) is 8.04. The zero-order valence-electron chi connectivity index (χ0n) is 24.8. The molecule has 1 saturated heterocycles. The van der Waals surface area contributed by atoms with Gasteiger partial charge in [0.2, 0.25) is 0 Å². The first kappa shape index (κ1) is 31.4. The highest BCUT2D eigenvalue weighted by molar-refractivity contribution is 5.89. The molecule has 2 saturated carbocycles. The molecule has 0 radical (unpaired) electrons. The van der Waals surface area contributed by atoms with Crippen LogP contribution in [0, 0.1) is 17.3 Å². The molecule has 2 bridgehead atoms. The van der Waals surface area contributed by atoms with Crippen LogP contribution in [0.25, 0.3) is 0 Å². The molecule has 3 aliphatic rings. The molecular weight excluding hydrogens is 552 g/mol. The van der Waals surface area contributed by atoms with Gasteiger partial charge < -0.3 is 33.5 Å². The number of hydrogen-bond donors (Lipinski definition) is 1. The molecule has 3 fully saturated rings. The van der Waals surface area contributed by atoms with Gasteiger partial charge in [-0.3, -0.25) is 19.2 Å². The molecule has 12 nitrogen and oxygen atoms in total. The quantitative estimate of drug-likeness (QED) is 0.364. The van der Waals surface area contributed by atoms with Crippen LogP contribution in [-0.4, -0.2) is 83.3 Å². The Morgan fingerprint density at radius 3 is 1.88 bits per heavy atom. The summed E-state index contributed by atoms with van der Waals surface area (Å²) in [6.07, 6.45) is -6.53. The second kappa shape index (κ2) is 11.3. The minimum Gasteiger partial charge on any atom is -0.459 e. The van der Waals surface area contributed by atoms with Crippen molar-refractivity contribution in [3.8, 4) is 0 Å². The molecular formula is C30H38O12. The van der Waals surface area contributed by atoms with E-state index < -0.39 is 95.4 Å². The van der Waals surface area contributed by atoms with E-state index in [0.717, 1.165) is 6.92 Å². The van der Waals surface area contributed by atoms with E-state index in [1.165, 1.54) is 32.9 Å². The summed E-state index contributed by atoms with van der Waals surface area (Å²) in [5, 5.41) is 11.5. The maximum absolute atomic E-state index is 13.6. The van der Waals surface area contributed by atoms with Crippen LogP contribution in [0.3, 0.4) is 0 Å². The highest BCUT2D eigenvalue weighted by atomic mass is 16.6. The predicted molar refractivity (Wildman–Crippen MR) is 143 cm³/mol. The van der Waals surface area contributed by atoms with Crippen LogP contribution in [0.5, 0.6) is 0 Å². The van der Waals surface area contributed by atoms with Crippen LogP contribution in [-0.2, 0) is 47.6 Å². The molecule has 0 amide bonds. The summed E-state index contributed by atoms with van der Waals surface area (Å²) in [5.74, 6) is -5.20.